The molecule has 1 atom stereocenters. The van der Waals surface area contributed by atoms with Crippen LogP contribution in [-0.2, 0) is 6.54 Å². The zero-order valence-corrected chi connectivity index (χ0v) is 18.1. The van der Waals surface area contributed by atoms with Crippen LogP contribution >= 0.6 is 0 Å². The number of imidazole rings is 1. The summed E-state index contributed by atoms with van der Waals surface area (Å²) < 4.78 is 47.3. The lowest BCUT2D eigenvalue weighted by Gasteiger charge is -2.35. The van der Waals surface area contributed by atoms with Crippen molar-refractivity contribution >= 4 is 11.8 Å². The van der Waals surface area contributed by atoms with Crippen LogP contribution in [0.5, 0.6) is 5.75 Å². The molecule has 0 spiro atoms. The van der Waals surface area contributed by atoms with Crippen LogP contribution in [0.4, 0.5) is 13.2 Å². The minimum Gasteiger partial charge on any atom is -0.496 e. The third kappa shape index (κ3) is 4.16. The maximum Gasteiger partial charge on any atom is 0.269 e. The molecule has 0 bridgehead atoms. The monoisotopic (exact) mass is 473 g/mol. The van der Waals surface area contributed by atoms with Crippen molar-refractivity contribution in [2.24, 2.45) is 5.73 Å². The molecule has 5 N–H and O–H groups in total. The van der Waals surface area contributed by atoms with Crippen molar-refractivity contribution in [3.63, 3.8) is 0 Å². The van der Waals surface area contributed by atoms with Gasteiger partial charge in [0.2, 0.25) is 0 Å². The number of hydrogen-bond acceptors (Lipinski definition) is 5. The lowest BCUT2D eigenvalue weighted by molar-refractivity contribution is -0.0995. The highest BCUT2D eigenvalue weighted by Gasteiger charge is 2.52. The van der Waals surface area contributed by atoms with E-state index in [2.05, 4.69) is 10.3 Å². The number of alkyl halides is 2. The normalized spacial score (nSPS) is 16.5. The van der Waals surface area contributed by atoms with E-state index in [9.17, 15) is 22.8 Å². The van der Waals surface area contributed by atoms with Crippen molar-refractivity contribution in [3.05, 3.63) is 70.9 Å². The lowest BCUT2D eigenvalue weighted by Crippen LogP contribution is -2.39. The van der Waals surface area contributed by atoms with Crippen LogP contribution < -0.4 is 21.6 Å². The molecule has 0 radical (unpaired) electrons. The fraction of sp³-hybridized carbons (Fsp3) is 0.261. The summed E-state index contributed by atoms with van der Waals surface area (Å²) in [4.78, 5) is 28.7. The Balaban J connectivity index is 1.54. The van der Waals surface area contributed by atoms with E-state index in [1.54, 1.807) is 24.3 Å². The number of primary amides is 1. The van der Waals surface area contributed by atoms with E-state index in [1.165, 1.54) is 19.2 Å². The number of carbonyl (C=O) groups is 2. The van der Waals surface area contributed by atoms with Crippen LogP contribution in [0.3, 0.4) is 0 Å². The molecule has 1 fully saturated rings. The van der Waals surface area contributed by atoms with E-state index in [1.807, 2.05) is 0 Å². The average Bonchev–Trinajstić information content (AvgIpc) is 3.13. The van der Waals surface area contributed by atoms with Gasteiger partial charge in [0.1, 0.15) is 23.1 Å². The first-order chi connectivity index (χ1) is 16.1. The summed E-state index contributed by atoms with van der Waals surface area (Å²) in [5.41, 5.74) is 6.57. The van der Waals surface area contributed by atoms with Gasteiger partial charge in [-0.05, 0) is 30.2 Å². The van der Waals surface area contributed by atoms with Gasteiger partial charge in [0.05, 0.1) is 18.6 Å². The largest absolute Gasteiger partial charge is 0.496 e. The standard InChI is InChI=1S/C23H22F3N5O3/c1-34-17-7-6-14(24)10-15(17)22(33)29-11-12-2-4-13(5-3-12)18-19(20(27)32)31(28)21(30-18)16-8-9-23(16,25)26/h2-7,10,16H,8-9,11,28H2,1H3,(H2,27,32)(H,29,33). The third-order valence-corrected chi connectivity index (χ3v) is 5.85. The van der Waals surface area contributed by atoms with Gasteiger partial charge < -0.3 is 21.6 Å². The number of amides is 2. The number of halogens is 3. The second-order valence-corrected chi connectivity index (χ2v) is 7.98. The smallest absolute Gasteiger partial charge is 0.269 e. The number of nitrogens with one attached hydrogen (secondary N) is 1. The van der Waals surface area contributed by atoms with Crippen LogP contribution in [0.2, 0.25) is 0 Å². The Bertz CT molecular complexity index is 1260. The number of aromatic nitrogens is 2. The molecule has 0 saturated heterocycles. The Morgan fingerprint density at radius 2 is 1.94 bits per heavy atom. The number of methoxy groups -OCH3 is 1. The molecule has 1 aliphatic carbocycles. The summed E-state index contributed by atoms with van der Waals surface area (Å²) in [7, 11) is 1.38. The predicted octanol–water partition coefficient (Wildman–Crippen LogP) is 2.95. The first-order valence-electron chi connectivity index (χ1n) is 10.4. The van der Waals surface area contributed by atoms with Crippen molar-refractivity contribution in [2.75, 3.05) is 13.0 Å². The minimum atomic E-state index is -2.94. The maximum absolute atomic E-state index is 13.9. The molecule has 34 heavy (non-hydrogen) atoms. The summed E-state index contributed by atoms with van der Waals surface area (Å²) in [5.74, 6) is -0.0611. The van der Waals surface area contributed by atoms with Crippen LogP contribution in [0.25, 0.3) is 11.3 Å². The Kier molecular flexibility index (Phi) is 5.94. The number of nitrogen functional groups attached to an aromatic ring is 1. The van der Waals surface area contributed by atoms with Crippen molar-refractivity contribution in [3.8, 4) is 17.0 Å². The summed E-state index contributed by atoms with van der Waals surface area (Å²) in [6, 6.07) is 10.2. The van der Waals surface area contributed by atoms with E-state index in [0.29, 0.717) is 11.1 Å². The van der Waals surface area contributed by atoms with Crippen molar-refractivity contribution in [1.82, 2.24) is 15.0 Å². The molecule has 1 saturated carbocycles. The molecule has 2 amide bonds. The Morgan fingerprint density at radius 3 is 2.50 bits per heavy atom. The number of ether oxygens (including phenoxy) is 1. The van der Waals surface area contributed by atoms with Gasteiger partial charge in [-0.15, -0.1) is 0 Å². The predicted molar refractivity (Wildman–Crippen MR) is 117 cm³/mol. The molecule has 2 aromatic carbocycles. The van der Waals surface area contributed by atoms with Gasteiger partial charge in [-0.25, -0.2) is 22.8 Å². The maximum atomic E-state index is 13.9. The molecule has 8 nitrogen and oxygen atoms in total. The zero-order chi connectivity index (χ0) is 24.6. The van der Waals surface area contributed by atoms with Crippen molar-refractivity contribution in [2.45, 2.75) is 31.2 Å². The second-order valence-electron chi connectivity index (χ2n) is 7.98. The van der Waals surface area contributed by atoms with Gasteiger partial charge in [-0.1, -0.05) is 24.3 Å². The zero-order valence-electron chi connectivity index (χ0n) is 18.1. The molecular formula is C23H22F3N5O3. The number of benzene rings is 2. The quantitative estimate of drug-likeness (QED) is 0.455. The van der Waals surface area contributed by atoms with Crippen molar-refractivity contribution in [1.29, 1.82) is 0 Å². The Labute approximate surface area is 192 Å². The highest BCUT2D eigenvalue weighted by atomic mass is 19.3. The minimum absolute atomic E-state index is 0.0547. The summed E-state index contributed by atoms with van der Waals surface area (Å²) in [6.07, 6.45) is -0.0682. The summed E-state index contributed by atoms with van der Waals surface area (Å²) >= 11 is 0. The number of carbonyl (C=O) groups excluding carboxylic acids is 2. The molecule has 1 unspecified atom stereocenters. The van der Waals surface area contributed by atoms with Crippen LogP contribution in [0.1, 0.15) is 51.0 Å². The van der Waals surface area contributed by atoms with E-state index < -0.39 is 29.5 Å². The molecular weight excluding hydrogens is 451 g/mol. The molecule has 1 aromatic heterocycles. The SMILES string of the molecule is COc1ccc(F)cc1C(=O)NCc1ccc(-c2nc(C3CCC3(F)F)n(N)c2C(N)=O)cc1. The van der Waals surface area contributed by atoms with Crippen LogP contribution in [0.15, 0.2) is 42.5 Å². The Hall–Kier alpha value is -4.02. The van der Waals surface area contributed by atoms with Gasteiger partial charge in [0.25, 0.3) is 17.7 Å². The fourth-order valence-corrected chi connectivity index (χ4v) is 3.87. The van der Waals surface area contributed by atoms with E-state index >= 15 is 0 Å². The third-order valence-electron chi connectivity index (χ3n) is 5.85. The molecule has 0 aliphatic heterocycles. The molecule has 3 aromatic rings. The second kappa shape index (κ2) is 8.73. The molecule has 1 aliphatic rings. The number of hydrogen-bond donors (Lipinski definition) is 3. The molecule has 11 heteroatoms. The van der Waals surface area contributed by atoms with Gasteiger partial charge in [-0.3, -0.25) is 9.59 Å². The van der Waals surface area contributed by atoms with Crippen LogP contribution in [-0.4, -0.2) is 34.5 Å². The Morgan fingerprint density at radius 1 is 1.24 bits per heavy atom. The topological polar surface area (TPSA) is 125 Å². The van der Waals surface area contributed by atoms with E-state index in [4.69, 9.17) is 16.3 Å². The molecule has 178 valence electrons. The highest BCUT2D eigenvalue weighted by Crippen LogP contribution is 2.49. The molecule has 1 heterocycles. The summed E-state index contributed by atoms with van der Waals surface area (Å²) in [6.45, 7) is 0.117. The van der Waals surface area contributed by atoms with E-state index in [-0.39, 0.29) is 47.9 Å². The average molecular weight is 473 g/mol. The molecule has 4 rings (SSSR count). The van der Waals surface area contributed by atoms with Gasteiger partial charge in [0.15, 0.2) is 5.69 Å². The summed E-state index contributed by atoms with van der Waals surface area (Å²) in [5, 5.41) is 2.68. The van der Waals surface area contributed by atoms with E-state index in [0.717, 1.165) is 10.7 Å². The highest BCUT2D eigenvalue weighted by molar-refractivity contribution is 5.98. The first-order valence-corrected chi connectivity index (χ1v) is 10.4. The number of rotatable bonds is 7. The fourth-order valence-electron chi connectivity index (χ4n) is 3.87. The van der Waals surface area contributed by atoms with Gasteiger partial charge in [0, 0.05) is 18.5 Å². The van der Waals surface area contributed by atoms with Gasteiger partial charge in [-0.2, -0.15) is 0 Å². The number of nitrogens with zero attached hydrogens (tertiary/aromatic N) is 2. The van der Waals surface area contributed by atoms with Gasteiger partial charge >= 0.3 is 0 Å². The van der Waals surface area contributed by atoms with Crippen LogP contribution in [0, 0.1) is 5.82 Å². The lowest BCUT2D eigenvalue weighted by atomic mass is 9.80. The number of nitrogens with two attached hydrogens (primary N) is 2. The first kappa shape index (κ1) is 23.1. The van der Waals surface area contributed by atoms with Crippen molar-refractivity contribution < 1.29 is 27.5 Å².